The predicted molar refractivity (Wildman–Crippen MR) is 73.5 cm³/mol. The Bertz CT molecular complexity index is 642. The van der Waals surface area contributed by atoms with Crippen molar-refractivity contribution in [1.82, 2.24) is 9.97 Å². The van der Waals surface area contributed by atoms with Gasteiger partial charge in [-0.05, 0) is 25.5 Å². The van der Waals surface area contributed by atoms with E-state index in [-0.39, 0.29) is 16.8 Å². The monoisotopic (exact) mass is 277 g/mol. The van der Waals surface area contributed by atoms with Crippen molar-refractivity contribution in [2.75, 3.05) is 25.6 Å². The van der Waals surface area contributed by atoms with E-state index in [0.29, 0.717) is 24.4 Å². The molecule has 1 aliphatic heterocycles. The lowest BCUT2D eigenvalue weighted by Crippen LogP contribution is -2.35. The molecule has 1 N–H and O–H groups in total. The fourth-order valence-corrected chi connectivity index (χ4v) is 2.39. The first-order valence-corrected chi connectivity index (χ1v) is 6.46. The fraction of sp³-hybridized carbons (Fsp3) is 0.429. The number of rotatable bonds is 3. The number of hydrogen-bond acceptors (Lipinski definition) is 5. The van der Waals surface area contributed by atoms with Crippen molar-refractivity contribution in [2.24, 2.45) is 0 Å². The molecule has 6 heteroatoms. The Labute approximate surface area is 116 Å². The highest BCUT2D eigenvalue weighted by Gasteiger charge is 2.30. The van der Waals surface area contributed by atoms with Crippen LogP contribution in [0.25, 0.3) is 10.9 Å². The molecule has 0 saturated carbocycles. The summed E-state index contributed by atoms with van der Waals surface area (Å²) in [6.45, 7) is 3.39. The fourth-order valence-electron chi connectivity index (χ4n) is 2.39. The number of fused-ring (bicyclic) bond motifs is 1. The average Bonchev–Trinajstić information content (AvgIpc) is 2.87. The molecule has 0 radical (unpaired) electrons. The number of halogens is 1. The summed E-state index contributed by atoms with van der Waals surface area (Å²) in [5.41, 5.74) is 0.0712. The molecule has 1 aromatic heterocycles. The molecule has 0 aliphatic carbocycles. The molecule has 1 aliphatic rings. The summed E-state index contributed by atoms with van der Waals surface area (Å²) in [7, 11) is 1.43. The van der Waals surface area contributed by atoms with Crippen LogP contribution >= 0.6 is 0 Å². The van der Waals surface area contributed by atoms with Gasteiger partial charge in [-0.25, -0.2) is 14.4 Å². The zero-order chi connectivity index (χ0) is 14.2. The second kappa shape index (κ2) is 4.86. The van der Waals surface area contributed by atoms with Gasteiger partial charge in [0.15, 0.2) is 11.6 Å². The van der Waals surface area contributed by atoms with Crippen LogP contribution < -0.4 is 10.1 Å². The molecule has 0 amide bonds. The maximum Gasteiger partial charge on any atom is 0.191 e. The second-order valence-electron chi connectivity index (χ2n) is 5.19. The lowest BCUT2D eigenvalue weighted by molar-refractivity contribution is 0.185. The Hall–Kier alpha value is -1.95. The first kappa shape index (κ1) is 13.1. The lowest BCUT2D eigenvalue weighted by atomic mass is 10.0. The van der Waals surface area contributed by atoms with Crippen LogP contribution in [-0.4, -0.2) is 35.8 Å². The number of nitrogens with one attached hydrogen (secondary N) is 1. The molecule has 20 heavy (non-hydrogen) atoms. The van der Waals surface area contributed by atoms with Crippen LogP contribution in [0.4, 0.5) is 10.2 Å². The first-order chi connectivity index (χ1) is 9.63. The van der Waals surface area contributed by atoms with Crippen LogP contribution in [0, 0.1) is 5.82 Å². The molecule has 106 valence electrons. The number of benzene rings is 1. The van der Waals surface area contributed by atoms with Crippen LogP contribution in [0.1, 0.15) is 13.3 Å². The van der Waals surface area contributed by atoms with Gasteiger partial charge in [0.05, 0.1) is 19.3 Å². The molecule has 1 aromatic carbocycles. The highest BCUT2D eigenvalue weighted by atomic mass is 19.1. The van der Waals surface area contributed by atoms with Crippen LogP contribution in [0.5, 0.6) is 5.75 Å². The summed E-state index contributed by atoms with van der Waals surface area (Å²) in [5.74, 6) is 0.324. The number of hydrogen-bond donors (Lipinski definition) is 1. The van der Waals surface area contributed by atoms with Crippen molar-refractivity contribution in [2.45, 2.75) is 18.9 Å². The summed E-state index contributed by atoms with van der Waals surface area (Å²) in [6.07, 6.45) is 2.24. The molecule has 1 atom stereocenters. The number of nitrogens with zero attached hydrogens (tertiary/aromatic N) is 2. The summed E-state index contributed by atoms with van der Waals surface area (Å²) in [6, 6.07) is 3.35. The zero-order valence-electron chi connectivity index (χ0n) is 11.4. The number of ether oxygens (including phenoxy) is 2. The van der Waals surface area contributed by atoms with Crippen LogP contribution in [0.15, 0.2) is 18.5 Å². The summed E-state index contributed by atoms with van der Waals surface area (Å²) in [4.78, 5) is 8.24. The summed E-state index contributed by atoms with van der Waals surface area (Å²) >= 11 is 0. The first-order valence-electron chi connectivity index (χ1n) is 6.46. The minimum absolute atomic E-state index is 0.178. The van der Waals surface area contributed by atoms with Crippen molar-refractivity contribution < 1.29 is 13.9 Å². The normalized spacial score (nSPS) is 22.1. The highest BCUT2D eigenvalue weighted by Crippen LogP contribution is 2.30. The van der Waals surface area contributed by atoms with Crippen molar-refractivity contribution in [3.63, 3.8) is 0 Å². The van der Waals surface area contributed by atoms with E-state index in [2.05, 4.69) is 22.2 Å². The van der Waals surface area contributed by atoms with Gasteiger partial charge in [-0.1, -0.05) is 0 Å². The van der Waals surface area contributed by atoms with E-state index in [9.17, 15) is 4.39 Å². The minimum atomic E-state index is -0.469. The number of anilines is 1. The van der Waals surface area contributed by atoms with E-state index in [4.69, 9.17) is 9.47 Å². The van der Waals surface area contributed by atoms with E-state index in [1.807, 2.05) is 0 Å². The minimum Gasteiger partial charge on any atom is -0.494 e. The van der Waals surface area contributed by atoms with Crippen molar-refractivity contribution in [1.29, 1.82) is 0 Å². The molecule has 2 aromatic rings. The van der Waals surface area contributed by atoms with Gasteiger partial charge in [0, 0.05) is 12.0 Å². The number of aromatic nitrogens is 2. The average molecular weight is 277 g/mol. The van der Waals surface area contributed by atoms with Gasteiger partial charge in [-0.2, -0.15) is 0 Å². The molecule has 1 saturated heterocycles. The Kier molecular flexibility index (Phi) is 3.17. The standard InChI is InChI=1S/C14H16FN3O2/c1-14(5-6-20-7-14)18-13-9-3-4-10(19-2)11(15)12(9)16-8-17-13/h3-4,8H,5-7H2,1-2H3,(H,16,17,18)/t14-/m1/s1. The molecule has 0 spiro atoms. The molecule has 2 heterocycles. The van der Waals surface area contributed by atoms with Crippen LogP contribution in [0.2, 0.25) is 0 Å². The smallest absolute Gasteiger partial charge is 0.191 e. The third-order valence-corrected chi connectivity index (χ3v) is 3.57. The van der Waals surface area contributed by atoms with Crippen molar-refractivity contribution in [3.8, 4) is 5.75 Å². The molecule has 5 nitrogen and oxygen atoms in total. The Morgan fingerprint density at radius 3 is 2.95 bits per heavy atom. The van der Waals surface area contributed by atoms with Crippen molar-refractivity contribution in [3.05, 3.63) is 24.3 Å². The van der Waals surface area contributed by atoms with Gasteiger partial charge in [-0.3, -0.25) is 0 Å². The molecular formula is C14H16FN3O2. The Balaban J connectivity index is 2.06. The van der Waals surface area contributed by atoms with Gasteiger partial charge >= 0.3 is 0 Å². The molecule has 3 rings (SSSR count). The van der Waals surface area contributed by atoms with E-state index < -0.39 is 5.82 Å². The van der Waals surface area contributed by atoms with Gasteiger partial charge < -0.3 is 14.8 Å². The van der Waals surface area contributed by atoms with Crippen LogP contribution in [0.3, 0.4) is 0 Å². The summed E-state index contributed by atoms with van der Waals surface area (Å²) < 4.78 is 24.6. The number of methoxy groups -OCH3 is 1. The van der Waals surface area contributed by atoms with E-state index in [0.717, 1.165) is 6.42 Å². The SMILES string of the molecule is COc1ccc2c(N[C@]3(C)CCOC3)ncnc2c1F. The maximum absolute atomic E-state index is 14.2. The third-order valence-electron chi connectivity index (χ3n) is 3.57. The Morgan fingerprint density at radius 2 is 2.25 bits per heavy atom. The largest absolute Gasteiger partial charge is 0.494 e. The van der Waals surface area contributed by atoms with Crippen molar-refractivity contribution >= 4 is 16.7 Å². The summed E-state index contributed by atoms with van der Waals surface area (Å²) in [5, 5.41) is 3.98. The molecule has 0 bridgehead atoms. The van der Waals surface area contributed by atoms with Gasteiger partial charge in [0.2, 0.25) is 0 Å². The predicted octanol–water partition coefficient (Wildman–Crippen LogP) is 2.37. The Morgan fingerprint density at radius 1 is 1.40 bits per heavy atom. The third kappa shape index (κ3) is 2.16. The quantitative estimate of drug-likeness (QED) is 0.933. The zero-order valence-corrected chi connectivity index (χ0v) is 11.4. The lowest BCUT2D eigenvalue weighted by Gasteiger charge is -2.24. The second-order valence-corrected chi connectivity index (χ2v) is 5.19. The van der Waals surface area contributed by atoms with Gasteiger partial charge in [-0.15, -0.1) is 0 Å². The topological polar surface area (TPSA) is 56.3 Å². The van der Waals surface area contributed by atoms with E-state index in [1.54, 1.807) is 12.1 Å². The molecular weight excluding hydrogens is 261 g/mol. The molecule has 1 fully saturated rings. The van der Waals surface area contributed by atoms with Gasteiger partial charge in [0.1, 0.15) is 17.7 Å². The van der Waals surface area contributed by atoms with E-state index >= 15 is 0 Å². The van der Waals surface area contributed by atoms with E-state index in [1.165, 1.54) is 13.4 Å². The van der Waals surface area contributed by atoms with Gasteiger partial charge in [0.25, 0.3) is 0 Å². The highest BCUT2D eigenvalue weighted by molar-refractivity contribution is 5.90. The molecule has 0 unspecified atom stereocenters. The van der Waals surface area contributed by atoms with Crippen LogP contribution in [-0.2, 0) is 4.74 Å². The maximum atomic E-state index is 14.2.